The molecule has 1 saturated heterocycles. The van der Waals surface area contributed by atoms with E-state index in [-0.39, 0.29) is 29.4 Å². The van der Waals surface area contributed by atoms with Crippen LogP contribution in [0.5, 0.6) is 11.6 Å². The third-order valence-corrected chi connectivity index (χ3v) is 5.87. The van der Waals surface area contributed by atoms with Crippen LogP contribution in [-0.2, 0) is 4.79 Å². The molecule has 0 aliphatic carbocycles. The van der Waals surface area contributed by atoms with Crippen LogP contribution in [0.4, 0.5) is 4.39 Å². The van der Waals surface area contributed by atoms with Crippen LogP contribution in [-0.4, -0.2) is 57.0 Å². The van der Waals surface area contributed by atoms with Crippen LogP contribution in [0.3, 0.4) is 0 Å². The van der Waals surface area contributed by atoms with Crippen molar-refractivity contribution in [3.63, 3.8) is 0 Å². The van der Waals surface area contributed by atoms with Crippen LogP contribution in [0.1, 0.15) is 37.2 Å². The number of piperidine rings is 1. The van der Waals surface area contributed by atoms with E-state index in [4.69, 9.17) is 4.74 Å². The number of nitrogens with zero attached hydrogens (tertiary/aromatic N) is 3. The van der Waals surface area contributed by atoms with E-state index >= 15 is 0 Å². The summed E-state index contributed by atoms with van der Waals surface area (Å²) in [6, 6.07) is 12.3. The number of hydrogen-bond acceptors (Lipinski definition) is 6. The zero-order valence-corrected chi connectivity index (χ0v) is 19.1. The predicted octanol–water partition coefficient (Wildman–Crippen LogP) is 3.30. The number of carbonyl (C=O) groups is 2. The lowest BCUT2D eigenvalue weighted by atomic mass is 10.00. The Morgan fingerprint density at radius 3 is 2.32 bits per heavy atom. The standard InChI is InChI=1S/C25H27FN4O4/c1-15(2)21(29-24(32)22-23(31)28-19-9-5-4-8-18(19)27-22)25(33)30-13-11-16(12-14-30)34-20-10-6-3-7-17(20)26/h3-10,15-16,21H,11-14H2,1-2H3,(H,28,31)(H,29,32)/t21-/m0/s1. The summed E-state index contributed by atoms with van der Waals surface area (Å²) in [5.74, 6) is -1.78. The number of amides is 2. The Balaban J connectivity index is 1.41. The number of para-hydroxylation sites is 3. The molecule has 2 heterocycles. The first kappa shape index (κ1) is 23.4. The van der Waals surface area contributed by atoms with Gasteiger partial charge in [0.25, 0.3) is 5.91 Å². The van der Waals surface area contributed by atoms with E-state index < -0.39 is 23.6 Å². The van der Waals surface area contributed by atoms with Crippen LogP contribution in [0, 0.1) is 11.7 Å². The van der Waals surface area contributed by atoms with Crippen molar-refractivity contribution in [2.75, 3.05) is 13.1 Å². The van der Waals surface area contributed by atoms with Crippen LogP contribution >= 0.6 is 0 Å². The van der Waals surface area contributed by atoms with Gasteiger partial charge in [-0.2, -0.15) is 0 Å². The smallest absolute Gasteiger partial charge is 0.276 e. The lowest BCUT2D eigenvalue weighted by molar-refractivity contribution is -0.136. The van der Waals surface area contributed by atoms with E-state index in [0.717, 1.165) is 0 Å². The van der Waals surface area contributed by atoms with Crippen molar-refractivity contribution in [2.24, 2.45) is 5.92 Å². The Kier molecular flexibility index (Phi) is 6.90. The van der Waals surface area contributed by atoms with Gasteiger partial charge in [-0.25, -0.2) is 14.4 Å². The van der Waals surface area contributed by atoms with E-state index in [2.05, 4.69) is 15.3 Å². The third-order valence-electron chi connectivity index (χ3n) is 5.87. The van der Waals surface area contributed by atoms with Gasteiger partial charge >= 0.3 is 0 Å². The van der Waals surface area contributed by atoms with Crippen molar-refractivity contribution < 1.29 is 23.8 Å². The highest BCUT2D eigenvalue weighted by molar-refractivity contribution is 5.99. The van der Waals surface area contributed by atoms with Crippen molar-refractivity contribution in [1.82, 2.24) is 20.2 Å². The maximum absolute atomic E-state index is 13.9. The topological polar surface area (TPSA) is 105 Å². The summed E-state index contributed by atoms with van der Waals surface area (Å²) in [6.07, 6.45) is 0.906. The number of ether oxygens (including phenoxy) is 1. The number of rotatable bonds is 6. The number of benzene rings is 2. The molecular formula is C25H27FN4O4. The predicted molar refractivity (Wildman–Crippen MR) is 124 cm³/mol. The lowest BCUT2D eigenvalue weighted by Gasteiger charge is -2.35. The summed E-state index contributed by atoms with van der Waals surface area (Å²) in [5.41, 5.74) is 0.706. The molecule has 2 N–H and O–H groups in total. The molecule has 1 aliphatic heterocycles. The summed E-state index contributed by atoms with van der Waals surface area (Å²) >= 11 is 0. The van der Waals surface area contributed by atoms with Gasteiger partial charge in [-0.15, -0.1) is 0 Å². The largest absolute Gasteiger partial charge is 0.492 e. The molecule has 0 spiro atoms. The number of hydrogen-bond donors (Lipinski definition) is 2. The molecule has 2 amide bonds. The fraction of sp³-hybridized carbons (Fsp3) is 0.360. The molecule has 1 atom stereocenters. The third kappa shape index (κ3) is 5.08. The number of aromatic nitrogens is 2. The fourth-order valence-corrected chi connectivity index (χ4v) is 3.98. The molecule has 1 fully saturated rings. The molecule has 9 heteroatoms. The second-order valence-electron chi connectivity index (χ2n) is 8.65. The maximum Gasteiger partial charge on any atom is 0.276 e. The van der Waals surface area contributed by atoms with Crippen LogP contribution in [0.2, 0.25) is 0 Å². The molecular weight excluding hydrogens is 439 g/mol. The normalized spacial score (nSPS) is 15.4. The van der Waals surface area contributed by atoms with E-state index in [1.807, 2.05) is 13.8 Å². The number of halogens is 1. The summed E-state index contributed by atoms with van der Waals surface area (Å²) < 4.78 is 19.6. The van der Waals surface area contributed by atoms with Crippen molar-refractivity contribution in [3.05, 3.63) is 60.0 Å². The quantitative estimate of drug-likeness (QED) is 0.578. The highest BCUT2D eigenvalue weighted by Gasteiger charge is 2.33. The van der Waals surface area contributed by atoms with Gasteiger partial charge in [0.1, 0.15) is 12.1 Å². The monoisotopic (exact) mass is 466 g/mol. The molecule has 8 nitrogen and oxygen atoms in total. The molecule has 0 radical (unpaired) electrons. The molecule has 0 saturated carbocycles. The van der Waals surface area contributed by atoms with E-state index in [1.54, 1.807) is 47.4 Å². The Hall–Kier alpha value is -3.75. The number of aromatic hydroxyl groups is 1. The summed E-state index contributed by atoms with van der Waals surface area (Å²) in [4.78, 5) is 36.1. The van der Waals surface area contributed by atoms with Gasteiger partial charge in [0, 0.05) is 25.9 Å². The minimum atomic E-state index is -0.802. The Bertz CT molecular complexity index is 1190. The summed E-state index contributed by atoms with van der Waals surface area (Å²) in [6.45, 7) is 4.53. The zero-order valence-electron chi connectivity index (χ0n) is 19.1. The van der Waals surface area contributed by atoms with Gasteiger partial charge in [0.05, 0.1) is 11.0 Å². The van der Waals surface area contributed by atoms with E-state index in [1.165, 1.54) is 6.07 Å². The first-order valence-electron chi connectivity index (χ1n) is 11.3. The molecule has 0 unspecified atom stereocenters. The van der Waals surface area contributed by atoms with Gasteiger partial charge in [-0.3, -0.25) is 9.59 Å². The van der Waals surface area contributed by atoms with Gasteiger partial charge in [0.15, 0.2) is 17.3 Å². The first-order valence-corrected chi connectivity index (χ1v) is 11.3. The lowest BCUT2D eigenvalue weighted by Crippen LogP contribution is -2.53. The molecule has 178 valence electrons. The van der Waals surface area contributed by atoms with Crippen LogP contribution in [0.15, 0.2) is 48.5 Å². The Morgan fingerprint density at radius 1 is 1.06 bits per heavy atom. The van der Waals surface area contributed by atoms with E-state index in [0.29, 0.717) is 37.0 Å². The highest BCUT2D eigenvalue weighted by atomic mass is 19.1. The SMILES string of the molecule is CC(C)[C@H](NC(=O)c1nc2ccccc2nc1O)C(=O)N1CCC(Oc2ccccc2F)CC1. The van der Waals surface area contributed by atoms with Crippen molar-refractivity contribution in [2.45, 2.75) is 38.8 Å². The molecule has 4 rings (SSSR count). The number of fused-ring (bicyclic) bond motifs is 1. The number of nitrogens with one attached hydrogen (secondary N) is 1. The number of likely N-dealkylation sites (tertiary alicyclic amines) is 1. The molecule has 3 aromatic rings. The van der Waals surface area contributed by atoms with Gasteiger partial charge in [0.2, 0.25) is 11.8 Å². The minimum absolute atomic E-state index is 0.195. The highest BCUT2D eigenvalue weighted by Crippen LogP contribution is 2.23. The van der Waals surface area contributed by atoms with Crippen molar-refractivity contribution in [1.29, 1.82) is 0 Å². The fourth-order valence-electron chi connectivity index (χ4n) is 3.98. The summed E-state index contributed by atoms with van der Waals surface area (Å²) in [7, 11) is 0. The molecule has 2 aromatic carbocycles. The molecule has 1 aromatic heterocycles. The van der Waals surface area contributed by atoms with Gasteiger partial charge in [-0.1, -0.05) is 38.1 Å². The first-order chi connectivity index (χ1) is 16.3. The van der Waals surface area contributed by atoms with Gasteiger partial charge in [-0.05, 0) is 30.2 Å². The van der Waals surface area contributed by atoms with E-state index in [9.17, 15) is 19.1 Å². The van der Waals surface area contributed by atoms with Crippen molar-refractivity contribution >= 4 is 22.8 Å². The maximum atomic E-state index is 13.9. The second-order valence-corrected chi connectivity index (χ2v) is 8.65. The van der Waals surface area contributed by atoms with Crippen LogP contribution < -0.4 is 10.1 Å². The van der Waals surface area contributed by atoms with Gasteiger partial charge < -0.3 is 20.1 Å². The molecule has 0 bridgehead atoms. The average molecular weight is 467 g/mol. The zero-order chi connectivity index (χ0) is 24.2. The molecule has 1 aliphatic rings. The Morgan fingerprint density at radius 2 is 1.68 bits per heavy atom. The van der Waals surface area contributed by atoms with Crippen molar-refractivity contribution in [3.8, 4) is 11.6 Å². The minimum Gasteiger partial charge on any atom is -0.492 e. The summed E-state index contributed by atoms with van der Waals surface area (Å²) in [5, 5.41) is 12.9. The average Bonchev–Trinajstić information content (AvgIpc) is 2.83. The number of carbonyl (C=O) groups excluding carboxylic acids is 2. The van der Waals surface area contributed by atoms with Crippen LogP contribution in [0.25, 0.3) is 11.0 Å². The second kappa shape index (κ2) is 10.0. The molecule has 34 heavy (non-hydrogen) atoms. The Labute approximate surface area is 196 Å².